The molecule has 1 rings (SSSR count). The van der Waals surface area contributed by atoms with E-state index in [4.69, 9.17) is 10.5 Å². The van der Waals surface area contributed by atoms with E-state index in [-0.39, 0.29) is 18.4 Å². The molecule has 0 spiro atoms. The van der Waals surface area contributed by atoms with Gasteiger partial charge in [0, 0.05) is 16.8 Å². The van der Waals surface area contributed by atoms with Crippen molar-refractivity contribution in [2.24, 2.45) is 5.73 Å². The second-order valence-electron chi connectivity index (χ2n) is 4.60. The summed E-state index contributed by atoms with van der Waals surface area (Å²) in [4.78, 5) is 0. The first kappa shape index (κ1) is 16.5. The monoisotopic (exact) mass is 349 g/mol. The fraction of sp³-hybridized carbons (Fsp3) is 0.538. The maximum atomic E-state index is 11.0. The molecule has 2 N–H and O–H groups in total. The zero-order chi connectivity index (χ0) is 14.5. The summed E-state index contributed by atoms with van der Waals surface area (Å²) in [5.41, 5.74) is 7.02. The van der Waals surface area contributed by atoms with Crippen molar-refractivity contribution in [2.75, 3.05) is 18.6 Å². The van der Waals surface area contributed by atoms with Crippen LogP contribution < -0.4 is 10.5 Å². The van der Waals surface area contributed by atoms with Crippen LogP contribution in [0, 0.1) is 0 Å². The fourth-order valence-corrected chi connectivity index (χ4v) is 2.33. The summed E-state index contributed by atoms with van der Waals surface area (Å²) in [6, 6.07) is 5.73. The zero-order valence-electron chi connectivity index (χ0n) is 11.2. The van der Waals surface area contributed by atoms with Gasteiger partial charge in [-0.05, 0) is 36.6 Å². The number of halogens is 1. The minimum Gasteiger partial charge on any atom is -0.493 e. The summed E-state index contributed by atoms with van der Waals surface area (Å²) in [6.07, 6.45) is 2.87. The van der Waals surface area contributed by atoms with Gasteiger partial charge in [-0.15, -0.1) is 0 Å². The minimum atomic E-state index is -2.99. The summed E-state index contributed by atoms with van der Waals surface area (Å²) in [7, 11) is -2.99. The van der Waals surface area contributed by atoms with Gasteiger partial charge in [0.25, 0.3) is 0 Å². The first-order valence-electron chi connectivity index (χ1n) is 6.16. The van der Waals surface area contributed by atoms with Crippen molar-refractivity contribution in [1.82, 2.24) is 0 Å². The van der Waals surface area contributed by atoms with Crippen LogP contribution in [0.25, 0.3) is 0 Å². The molecular weight excluding hydrogens is 330 g/mol. The fourth-order valence-electron chi connectivity index (χ4n) is 1.54. The molecule has 6 heteroatoms. The van der Waals surface area contributed by atoms with Gasteiger partial charge in [-0.25, -0.2) is 8.42 Å². The first-order valence-corrected chi connectivity index (χ1v) is 9.01. The van der Waals surface area contributed by atoms with Gasteiger partial charge in [0.15, 0.2) is 9.84 Å². The van der Waals surface area contributed by atoms with Crippen LogP contribution in [0.4, 0.5) is 0 Å². The van der Waals surface area contributed by atoms with E-state index in [1.165, 1.54) is 6.26 Å². The Balaban J connectivity index is 2.68. The largest absolute Gasteiger partial charge is 0.493 e. The van der Waals surface area contributed by atoms with Gasteiger partial charge >= 0.3 is 0 Å². The molecule has 1 aromatic carbocycles. The van der Waals surface area contributed by atoms with Crippen LogP contribution in [0.15, 0.2) is 22.7 Å². The van der Waals surface area contributed by atoms with Gasteiger partial charge in [-0.3, -0.25) is 0 Å². The Kier molecular flexibility index (Phi) is 6.29. The van der Waals surface area contributed by atoms with E-state index in [1.807, 2.05) is 25.1 Å². The van der Waals surface area contributed by atoms with E-state index >= 15 is 0 Å². The van der Waals surface area contributed by atoms with Crippen LogP contribution >= 0.6 is 15.9 Å². The molecule has 0 heterocycles. The Labute approximate surface area is 123 Å². The highest BCUT2D eigenvalue weighted by Crippen LogP contribution is 2.24. The Hall–Kier alpha value is -0.590. The Morgan fingerprint density at radius 3 is 2.68 bits per heavy atom. The minimum absolute atomic E-state index is 0.0207. The van der Waals surface area contributed by atoms with Crippen molar-refractivity contribution in [3.63, 3.8) is 0 Å². The molecule has 0 saturated heterocycles. The number of benzene rings is 1. The number of sulfone groups is 1. The molecule has 108 valence electrons. The van der Waals surface area contributed by atoms with Crippen LogP contribution in [-0.2, 0) is 16.3 Å². The van der Waals surface area contributed by atoms with Gasteiger partial charge in [-0.1, -0.05) is 22.9 Å². The second-order valence-corrected chi connectivity index (χ2v) is 7.72. The molecule has 0 aliphatic heterocycles. The molecule has 0 aliphatic rings. The van der Waals surface area contributed by atoms with Crippen molar-refractivity contribution in [1.29, 1.82) is 0 Å². The van der Waals surface area contributed by atoms with Crippen LogP contribution in [0.2, 0.25) is 0 Å². The average Bonchev–Trinajstić information content (AvgIpc) is 2.31. The lowest BCUT2D eigenvalue weighted by atomic mass is 10.0. The van der Waals surface area contributed by atoms with Crippen LogP contribution in [0.5, 0.6) is 5.75 Å². The molecule has 4 nitrogen and oxygen atoms in total. The number of hydrogen-bond acceptors (Lipinski definition) is 4. The van der Waals surface area contributed by atoms with Crippen LogP contribution in [0.1, 0.15) is 18.9 Å². The quantitative estimate of drug-likeness (QED) is 0.818. The van der Waals surface area contributed by atoms with Crippen molar-refractivity contribution in [3.05, 3.63) is 28.2 Å². The highest BCUT2D eigenvalue weighted by atomic mass is 79.9. The molecule has 1 aromatic rings. The number of rotatable bonds is 7. The topological polar surface area (TPSA) is 69.4 Å². The van der Waals surface area contributed by atoms with Crippen LogP contribution in [-0.4, -0.2) is 33.1 Å². The van der Waals surface area contributed by atoms with Crippen molar-refractivity contribution in [2.45, 2.75) is 25.8 Å². The molecule has 1 atom stereocenters. The van der Waals surface area contributed by atoms with E-state index < -0.39 is 9.84 Å². The first-order chi connectivity index (χ1) is 8.81. The molecule has 0 radical (unpaired) electrons. The predicted molar refractivity (Wildman–Crippen MR) is 81.3 cm³/mol. The van der Waals surface area contributed by atoms with Gasteiger partial charge in [-0.2, -0.15) is 0 Å². The second kappa shape index (κ2) is 7.26. The van der Waals surface area contributed by atoms with Gasteiger partial charge in [0.1, 0.15) is 12.4 Å². The summed E-state index contributed by atoms with van der Waals surface area (Å²) in [5.74, 6) is 0.692. The Bertz CT molecular complexity index is 517. The smallest absolute Gasteiger partial charge is 0.150 e. The van der Waals surface area contributed by atoms with E-state index in [9.17, 15) is 8.42 Å². The third-order valence-corrected chi connectivity index (χ3v) is 4.43. The molecule has 0 bridgehead atoms. The molecule has 0 aliphatic carbocycles. The molecule has 0 amide bonds. The highest BCUT2D eigenvalue weighted by molar-refractivity contribution is 9.10. The highest BCUT2D eigenvalue weighted by Gasteiger charge is 2.08. The Morgan fingerprint density at radius 1 is 1.42 bits per heavy atom. The molecular formula is C13H20BrNO3S. The summed E-state index contributed by atoms with van der Waals surface area (Å²) >= 11 is 3.48. The molecule has 0 aromatic heterocycles. The molecule has 1 unspecified atom stereocenters. The summed E-state index contributed by atoms with van der Waals surface area (Å²) < 4.78 is 28.5. The van der Waals surface area contributed by atoms with E-state index in [2.05, 4.69) is 15.9 Å². The maximum Gasteiger partial charge on any atom is 0.150 e. The van der Waals surface area contributed by atoms with Gasteiger partial charge in [0.05, 0.1) is 5.75 Å². The van der Waals surface area contributed by atoms with Crippen LogP contribution in [0.3, 0.4) is 0 Å². The third-order valence-electron chi connectivity index (χ3n) is 2.75. The number of hydrogen-bond donors (Lipinski definition) is 1. The standard InChI is InChI=1S/C13H20BrNO3S/c1-3-11(15)8-10-9-12(4-5-13(10)14)18-6-7-19(2,16)17/h4-5,9,11H,3,6-8,15H2,1-2H3. The SMILES string of the molecule is CCC(N)Cc1cc(OCCS(C)(=O)=O)ccc1Br. The third kappa shape index (κ3) is 6.40. The number of nitrogens with two attached hydrogens (primary N) is 1. The average molecular weight is 350 g/mol. The van der Waals surface area contributed by atoms with Crippen molar-refractivity contribution < 1.29 is 13.2 Å². The lowest BCUT2D eigenvalue weighted by Gasteiger charge is -2.12. The molecule has 19 heavy (non-hydrogen) atoms. The summed E-state index contributed by atoms with van der Waals surface area (Å²) in [5, 5.41) is 0. The zero-order valence-corrected chi connectivity index (χ0v) is 13.6. The Morgan fingerprint density at radius 2 is 2.11 bits per heavy atom. The van der Waals surface area contributed by atoms with Gasteiger partial charge < -0.3 is 10.5 Å². The molecule has 0 fully saturated rings. The predicted octanol–water partition coefficient (Wildman–Crippen LogP) is 2.15. The maximum absolute atomic E-state index is 11.0. The lowest BCUT2D eigenvalue weighted by Crippen LogP contribution is -2.21. The van der Waals surface area contributed by atoms with Gasteiger partial charge in [0.2, 0.25) is 0 Å². The van der Waals surface area contributed by atoms with E-state index in [0.29, 0.717) is 5.75 Å². The normalized spacial score (nSPS) is 13.3. The number of ether oxygens (including phenoxy) is 1. The van der Waals surface area contributed by atoms with E-state index in [1.54, 1.807) is 0 Å². The summed E-state index contributed by atoms with van der Waals surface area (Å²) in [6.45, 7) is 2.21. The lowest BCUT2D eigenvalue weighted by molar-refractivity contribution is 0.340. The van der Waals surface area contributed by atoms with Crippen molar-refractivity contribution >= 4 is 25.8 Å². The van der Waals surface area contributed by atoms with E-state index in [0.717, 1.165) is 22.9 Å². The molecule has 0 saturated carbocycles. The van der Waals surface area contributed by atoms with Crippen molar-refractivity contribution in [3.8, 4) is 5.75 Å².